The van der Waals surface area contributed by atoms with Crippen LogP contribution in [0.3, 0.4) is 0 Å². The highest BCUT2D eigenvalue weighted by Crippen LogP contribution is 2.28. The zero-order valence-corrected chi connectivity index (χ0v) is 11.7. The predicted molar refractivity (Wildman–Crippen MR) is 72.9 cm³/mol. The third-order valence-corrected chi connectivity index (χ3v) is 5.83. The minimum absolute atomic E-state index is 0.0301. The lowest BCUT2D eigenvalue weighted by atomic mass is 10.0. The van der Waals surface area contributed by atoms with Crippen molar-refractivity contribution in [3.05, 3.63) is 0 Å². The van der Waals surface area contributed by atoms with Gasteiger partial charge >= 0.3 is 0 Å². The average Bonchev–Trinajstić information content (AvgIpc) is 2.91. The van der Waals surface area contributed by atoms with E-state index in [0.717, 1.165) is 19.3 Å². The van der Waals surface area contributed by atoms with Crippen LogP contribution in [0.5, 0.6) is 0 Å². The molecule has 0 spiro atoms. The summed E-state index contributed by atoms with van der Waals surface area (Å²) >= 11 is 0. The first-order chi connectivity index (χ1) is 8.94. The van der Waals surface area contributed by atoms with Crippen LogP contribution in [-0.4, -0.2) is 49.4 Å². The van der Waals surface area contributed by atoms with Gasteiger partial charge in [0.1, 0.15) is 0 Å². The number of rotatable bonds is 3. The molecule has 19 heavy (non-hydrogen) atoms. The summed E-state index contributed by atoms with van der Waals surface area (Å²) < 4.78 is 23.1. The maximum Gasteiger partial charge on any atom is 0.228 e. The van der Waals surface area contributed by atoms with Crippen LogP contribution in [0.15, 0.2) is 0 Å². The van der Waals surface area contributed by atoms with Crippen molar-refractivity contribution in [1.29, 1.82) is 0 Å². The zero-order valence-electron chi connectivity index (χ0n) is 10.9. The highest BCUT2D eigenvalue weighted by molar-refractivity contribution is 7.91. The first-order valence-corrected chi connectivity index (χ1v) is 8.46. The van der Waals surface area contributed by atoms with Crippen LogP contribution in [0.4, 0.5) is 0 Å². The molecule has 1 heterocycles. The molecule has 0 radical (unpaired) electrons. The number of amides is 1. The lowest BCUT2D eigenvalue weighted by molar-refractivity contribution is -0.136. The zero-order chi connectivity index (χ0) is 14.0. The van der Waals surface area contributed by atoms with Gasteiger partial charge in [0.25, 0.3) is 0 Å². The van der Waals surface area contributed by atoms with Gasteiger partial charge in [-0.2, -0.15) is 0 Å². The Morgan fingerprint density at radius 1 is 1.37 bits per heavy atom. The van der Waals surface area contributed by atoms with Gasteiger partial charge in [0.2, 0.25) is 5.91 Å². The van der Waals surface area contributed by atoms with E-state index in [-0.39, 0.29) is 42.0 Å². The van der Waals surface area contributed by atoms with Gasteiger partial charge in [0.15, 0.2) is 9.84 Å². The van der Waals surface area contributed by atoms with E-state index in [0.29, 0.717) is 6.42 Å². The van der Waals surface area contributed by atoms with Crippen molar-refractivity contribution in [2.24, 2.45) is 11.7 Å². The molecule has 1 aliphatic carbocycles. The van der Waals surface area contributed by atoms with Crippen molar-refractivity contribution in [2.45, 2.75) is 37.8 Å². The molecule has 0 aromatic rings. The maximum atomic E-state index is 12.5. The average molecular weight is 284 g/mol. The number of carbonyl (C=O) groups is 1. The van der Waals surface area contributed by atoms with Crippen molar-refractivity contribution in [2.75, 3.05) is 18.1 Å². The van der Waals surface area contributed by atoms with Crippen molar-refractivity contribution in [1.82, 2.24) is 4.90 Å². The molecule has 0 bridgehead atoms. The molecular formula is C13H20N2O3S. The number of sulfone groups is 1. The Hall–Kier alpha value is -1.06. The van der Waals surface area contributed by atoms with E-state index in [1.54, 1.807) is 4.90 Å². The summed E-state index contributed by atoms with van der Waals surface area (Å²) in [6.07, 6.45) is 8.37. The van der Waals surface area contributed by atoms with E-state index in [1.165, 1.54) is 0 Å². The van der Waals surface area contributed by atoms with Crippen LogP contribution in [0.2, 0.25) is 0 Å². The number of carbonyl (C=O) groups excluding carboxylic acids is 1. The molecule has 3 atom stereocenters. The Balaban J connectivity index is 2.12. The lowest BCUT2D eigenvalue weighted by Gasteiger charge is -2.30. The first-order valence-electron chi connectivity index (χ1n) is 6.64. The van der Waals surface area contributed by atoms with Crippen LogP contribution in [0.1, 0.15) is 25.7 Å². The number of terminal acetylenes is 1. The molecule has 5 nitrogen and oxygen atoms in total. The van der Waals surface area contributed by atoms with E-state index >= 15 is 0 Å². The van der Waals surface area contributed by atoms with Gasteiger partial charge in [-0.05, 0) is 19.3 Å². The molecule has 6 heteroatoms. The molecule has 2 N–H and O–H groups in total. The Bertz CT molecular complexity index is 495. The highest BCUT2D eigenvalue weighted by Gasteiger charge is 2.39. The van der Waals surface area contributed by atoms with Crippen molar-refractivity contribution >= 4 is 15.7 Å². The largest absolute Gasteiger partial charge is 0.327 e. The first kappa shape index (κ1) is 14.4. The normalized spacial score (nSPS) is 32.9. The minimum atomic E-state index is -3.02. The molecule has 3 unspecified atom stereocenters. The fourth-order valence-electron chi connectivity index (χ4n) is 3.01. The Morgan fingerprint density at radius 2 is 2.11 bits per heavy atom. The molecule has 0 aromatic heterocycles. The van der Waals surface area contributed by atoms with Crippen LogP contribution < -0.4 is 5.73 Å². The molecule has 2 rings (SSSR count). The molecule has 2 fully saturated rings. The molecule has 1 saturated carbocycles. The molecule has 1 aliphatic heterocycles. The SMILES string of the molecule is C#CCN(C(=O)C1CCCC1N)C1CCS(=O)(=O)C1. The summed E-state index contributed by atoms with van der Waals surface area (Å²) in [5, 5.41) is 0. The molecule has 1 saturated heterocycles. The minimum Gasteiger partial charge on any atom is -0.327 e. The molecule has 1 amide bonds. The van der Waals surface area contributed by atoms with Crippen LogP contribution in [-0.2, 0) is 14.6 Å². The number of nitrogens with zero attached hydrogens (tertiary/aromatic N) is 1. The smallest absolute Gasteiger partial charge is 0.228 e. The summed E-state index contributed by atoms with van der Waals surface area (Å²) in [6.45, 7) is 0.169. The van der Waals surface area contributed by atoms with E-state index in [2.05, 4.69) is 5.92 Å². The maximum absolute atomic E-state index is 12.5. The van der Waals surface area contributed by atoms with Crippen LogP contribution in [0.25, 0.3) is 0 Å². The molecule has 0 aromatic carbocycles. The Kier molecular flexibility index (Phi) is 4.16. The van der Waals surface area contributed by atoms with Gasteiger partial charge in [-0.3, -0.25) is 4.79 Å². The predicted octanol–water partition coefficient (Wildman–Crippen LogP) is -0.237. The van der Waals surface area contributed by atoms with Crippen molar-refractivity contribution < 1.29 is 13.2 Å². The van der Waals surface area contributed by atoms with Gasteiger partial charge in [-0.15, -0.1) is 6.42 Å². The fraction of sp³-hybridized carbons (Fsp3) is 0.769. The Labute approximate surface area is 114 Å². The number of nitrogens with two attached hydrogens (primary N) is 1. The summed E-state index contributed by atoms with van der Waals surface area (Å²) in [5.41, 5.74) is 5.95. The summed E-state index contributed by atoms with van der Waals surface area (Å²) in [5.74, 6) is 2.37. The van der Waals surface area contributed by atoms with Gasteiger partial charge in [0, 0.05) is 12.1 Å². The molecule has 106 valence electrons. The van der Waals surface area contributed by atoms with E-state index in [9.17, 15) is 13.2 Å². The van der Waals surface area contributed by atoms with Gasteiger partial charge < -0.3 is 10.6 Å². The second kappa shape index (κ2) is 5.51. The lowest BCUT2D eigenvalue weighted by Crippen LogP contribution is -2.47. The summed E-state index contributed by atoms with van der Waals surface area (Å²) in [6, 6.07) is -0.396. The third kappa shape index (κ3) is 3.10. The quantitative estimate of drug-likeness (QED) is 0.726. The monoisotopic (exact) mass is 284 g/mol. The van der Waals surface area contributed by atoms with Crippen LogP contribution >= 0.6 is 0 Å². The van der Waals surface area contributed by atoms with Gasteiger partial charge in [0.05, 0.1) is 24.0 Å². The van der Waals surface area contributed by atoms with Crippen LogP contribution in [0, 0.1) is 18.3 Å². The molecular weight excluding hydrogens is 264 g/mol. The van der Waals surface area contributed by atoms with Gasteiger partial charge in [-0.25, -0.2) is 8.42 Å². The second-order valence-corrected chi connectivity index (χ2v) is 7.66. The van der Waals surface area contributed by atoms with Gasteiger partial charge in [-0.1, -0.05) is 12.3 Å². The number of hydrogen-bond donors (Lipinski definition) is 1. The fourth-order valence-corrected chi connectivity index (χ4v) is 4.75. The van der Waals surface area contributed by atoms with E-state index in [1.807, 2.05) is 0 Å². The highest BCUT2D eigenvalue weighted by atomic mass is 32.2. The van der Waals surface area contributed by atoms with Crippen molar-refractivity contribution in [3.63, 3.8) is 0 Å². The molecule has 2 aliphatic rings. The third-order valence-electron chi connectivity index (χ3n) is 4.08. The topological polar surface area (TPSA) is 80.5 Å². The Morgan fingerprint density at radius 3 is 2.58 bits per heavy atom. The van der Waals surface area contributed by atoms with E-state index < -0.39 is 9.84 Å². The number of hydrogen-bond acceptors (Lipinski definition) is 4. The summed E-state index contributed by atoms with van der Waals surface area (Å²) in [7, 11) is -3.02. The summed E-state index contributed by atoms with van der Waals surface area (Å²) in [4.78, 5) is 14.1. The standard InChI is InChI=1S/C13H20N2O3S/c1-2-7-15(10-6-8-19(17,18)9-10)13(16)11-4-3-5-12(11)14/h1,10-12H,3-9,14H2. The van der Waals surface area contributed by atoms with Crippen molar-refractivity contribution in [3.8, 4) is 12.3 Å². The second-order valence-electron chi connectivity index (χ2n) is 5.43. The van der Waals surface area contributed by atoms with E-state index in [4.69, 9.17) is 12.2 Å².